The lowest BCUT2D eigenvalue weighted by molar-refractivity contribution is -0.0561. The minimum Gasteiger partial charge on any atom is -0.726 e. The third-order valence-corrected chi connectivity index (χ3v) is 11.0. The summed E-state index contributed by atoms with van der Waals surface area (Å²) in [6, 6.07) is 0. The molecule has 0 radical (unpaired) electrons. The zero-order valence-electron chi connectivity index (χ0n) is 20.9. The van der Waals surface area contributed by atoms with Crippen LogP contribution in [0.4, 0.5) is 0 Å². The minimum atomic E-state index is -4.63. The Balaban J connectivity index is 1.47. The Morgan fingerprint density at radius 3 is 2.50 bits per heavy atom. The molecule has 3 fully saturated rings. The van der Waals surface area contributed by atoms with Crippen molar-refractivity contribution in [1.82, 2.24) is 0 Å². The first-order valence-electron chi connectivity index (χ1n) is 13.3. The van der Waals surface area contributed by atoms with Gasteiger partial charge in [-0.2, -0.15) is 0 Å². The molecule has 0 heterocycles. The van der Waals surface area contributed by atoms with E-state index in [0.29, 0.717) is 24.2 Å². The van der Waals surface area contributed by atoms with Crippen molar-refractivity contribution in [1.29, 1.82) is 0 Å². The standard InChI is InChI=1S/C27H46O4S/c1-18(2)7-6-8-19(3)23-11-12-24-22-10-9-20-17-21(31-32(28,29)30)13-15-26(20,4)25(22)14-16-27(23,24)5/h9,18-19,21-25H,6-8,10-17H2,1-5H3,(H,28,29,30)/p-1/t19-,21?,22?,23-,24?,25?,26+,27-/m1/s1. The molecule has 0 saturated heterocycles. The van der Waals surface area contributed by atoms with Crippen LogP contribution in [0, 0.1) is 46.3 Å². The van der Waals surface area contributed by atoms with Gasteiger partial charge < -0.3 is 4.55 Å². The first kappa shape index (κ1) is 24.7. The predicted octanol–water partition coefficient (Wildman–Crippen LogP) is 6.87. The van der Waals surface area contributed by atoms with Gasteiger partial charge in [0.05, 0.1) is 6.10 Å². The number of fused-ring (bicyclic) bond motifs is 5. The molecule has 3 saturated carbocycles. The average molecular weight is 466 g/mol. The van der Waals surface area contributed by atoms with Crippen molar-refractivity contribution in [2.24, 2.45) is 46.3 Å². The molecule has 0 aromatic heterocycles. The van der Waals surface area contributed by atoms with E-state index in [1.165, 1.54) is 50.5 Å². The lowest BCUT2D eigenvalue weighted by Gasteiger charge is -2.58. The second-order valence-electron chi connectivity index (χ2n) is 12.7. The highest BCUT2D eigenvalue weighted by atomic mass is 32.3. The molecule has 4 nitrogen and oxygen atoms in total. The van der Waals surface area contributed by atoms with Crippen molar-refractivity contribution in [2.45, 2.75) is 111 Å². The van der Waals surface area contributed by atoms with Gasteiger partial charge in [-0.05, 0) is 97.7 Å². The molecule has 0 amide bonds. The van der Waals surface area contributed by atoms with Crippen molar-refractivity contribution in [3.05, 3.63) is 11.6 Å². The fraction of sp³-hybridized carbons (Fsp3) is 0.926. The predicted molar refractivity (Wildman–Crippen MR) is 128 cm³/mol. The Kier molecular flexibility index (Phi) is 6.95. The molecule has 0 aliphatic heterocycles. The molecule has 8 atom stereocenters. The van der Waals surface area contributed by atoms with E-state index in [4.69, 9.17) is 4.18 Å². The van der Waals surface area contributed by atoms with E-state index in [9.17, 15) is 13.0 Å². The lowest BCUT2D eigenvalue weighted by atomic mass is 9.47. The molecular formula is C27H45O4S-. The van der Waals surface area contributed by atoms with Crippen LogP contribution in [0.1, 0.15) is 105 Å². The average Bonchev–Trinajstić information content (AvgIpc) is 3.04. The van der Waals surface area contributed by atoms with E-state index in [0.717, 1.165) is 42.4 Å². The Morgan fingerprint density at radius 1 is 1.06 bits per heavy atom. The number of rotatable bonds is 7. The van der Waals surface area contributed by atoms with Gasteiger partial charge in [0.25, 0.3) is 0 Å². The van der Waals surface area contributed by atoms with E-state index in [1.54, 1.807) is 0 Å². The molecule has 5 heteroatoms. The molecule has 4 aliphatic rings. The summed E-state index contributed by atoms with van der Waals surface area (Å²) in [6.45, 7) is 12.2. The van der Waals surface area contributed by atoms with Crippen molar-refractivity contribution >= 4 is 10.4 Å². The molecule has 0 aromatic carbocycles. The summed E-state index contributed by atoms with van der Waals surface area (Å²) in [5.41, 5.74) is 1.99. The number of allylic oxidation sites excluding steroid dienone is 1. The SMILES string of the molecule is CC(C)CCC[C@@H](C)[C@H]1CCC2C3CC=C4CC(OS(=O)(=O)[O-])CC[C@]4(C)C3CC[C@@]21C. The van der Waals surface area contributed by atoms with E-state index in [2.05, 4.69) is 40.7 Å². The van der Waals surface area contributed by atoms with Crippen LogP contribution in [0.3, 0.4) is 0 Å². The summed E-state index contributed by atoms with van der Waals surface area (Å²) in [5.74, 6) is 4.78. The summed E-state index contributed by atoms with van der Waals surface area (Å²) in [7, 11) is -4.63. The van der Waals surface area contributed by atoms with Crippen LogP contribution in [0.25, 0.3) is 0 Å². The molecule has 4 rings (SSSR count). The summed E-state index contributed by atoms with van der Waals surface area (Å²) < 4.78 is 38.2. The third kappa shape index (κ3) is 4.60. The molecule has 32 heavy (non-hydrogen) atoms. The molecule has 0 aromatic rings. The Bertz CT molecular complexity index is 818. The number of hydrogen-bond acceptors (Lipinski definition) is 4. The van der Waals surface area contributed by atoms with Gasteiger partial charge in [-0.1, -0.05) is 65.5 Å². The molecule has 4 unspecified atom stereocenters. The van der Waals surface area contributed by atoms with Gasteiger partial charge in [-0.3, -0.25) is 4.18 Å². The second kappa shape index (κ2) is 9.00. The zero-order chi connectivity index (χ0) is 23.3. The van der Waals surface area contributed by atoms with E-state index in [-0.39, 0.29) is 5.41 Å². The minimum absolute atomic E-state index is 0.151. The molecular weight excluding hydrogens is 420 g/mol. The van der Waals surface area contributed by atoms with E-state index in [1.807, 2.05) is 0 Å². The van der Waals surface area contributed by atoms with E-state index >= 15 is 0 Å². The van der Waals surface area contributed by atoms with Gasteiger partial charge in [-0.25, -0.2) is 8.42 Å². The highest BCUT2D eigenvalue weighted by Gasteiger charge is 2.59. The van der Waals surface area contributed by atoms with E-state index < -0.39 is 16.5 Å². The smallest absolute Gasteiger partial charge is 0.217 e. The maximum absolute atomic E-state index is 11.1. The molecule has 0 bridgehead atoms. The van der Waals surface area contributed by atoms with Crippen LogP contribution in [-0.2, 0) is 14.6 Å². The van der Waals surface area contributed by atoms with Crippen molar-refractivity contribution in [3.8, 4) is 0 Å². The monoisotopic (exact) mass is 465 g/mol. The topological polar surface area (TPSA) is 66.4 Å². The fourth-order valence-electron chi connectivity index (χ4n) is 8.90. The maximum Gasteiger partial charge on any atom is 0.217 e. The Morgan fingerprint density at radius 2 is 1.81 bits per heavy atom. The normalized spacial score (nSPS) is 42.7. The largest absolute Gasteiger partial charge is 0.726 e. The van der Waals surface area contributed by atoms with Crippen LogP contribution < -0.4 is 0 Å². The number of hydrogen-bond donors (Lipinski definition) is 0. The zero-order valence-corrected chi connectivity index (χ0v) is 21.8. The highest BCUT2D eigenvalue weighted by molar-refractivity contribution is 7.80. The Hall–Kier alpha value is -0.390. The van der Waals surface area contributed by atoms with Crippen LogP contribution in [0.2, 0.25) is 0 Å². The Labute approximate surface area is 196 Å². The van der Waals surface area contributed by atoms with Gasteiger partial charge in [0.1, 0.15) is 0 Å². The fourth-order valence-corrected chi connectivity index (χ4v) is 9.40. The molecule has 0 N–H and O–H groups in total. The molecule has 4 aliphatic carbocycles. The van der Waals surface area contributed by atoms with Crippen molar-refractivity contribution in [3.63, 3.8) is 0 Å². The quantitative estimate of drug-likeness (QED) is 0.234. The van der Waals surface area contributed by atoms with Crippen LogP contribution in [-0.4, -0.2) is 19.1 Å². The highest BCUT2D eigenvalue weighted by Crippen LogP contribution is 2.67. The van der Waals surface area contributed by atoms with Gasteiger partial charge in [0.15, 0.2) is 0 Å². The lowest BCUT2D eigenvalue weighted by Crippen LogP contribution is -2.51. The van der Waals surface area contributed by atoms with Crippen molar-refractivity contribution < 1.29 is 17.2 Å². The molecule has 0 spiro atoms. The summed E-state index contributed by atoms with van der Waals surface area (Å²) in [6.07, 6.45) is 14.8. The first-order valence-corrected chi connectivity index (χ1v) is 14.6. The van der Waals surface area contributed by atoms with Gasteiger partial charge >= 0.3 is 0 Å². The summed E-state index contributed by atoms with van der Waals surface area (Å²) in [4.78, 5) is 0. The summed E-state index contributed by atoms with van der Waals surface area (Å²) >= 11 is 0. The van der Waals surface area contributed by atoms with Crippen LogP contribution >= 0.6 is 0 Å². The second-order valence-corrected chi connectivity index (χ2v) is 13.7. The first-order chi connectivity index (χ1) is 14.9. The maximum atomic E-state index is 11.1. The van der Waals surface area contributed by atoms with Crippen LogP contribution in [0.15, 0.2) is 11.6 Å². The van der Waals surface area contributed by atoms with Crippen LogP contribution in [0.5, 0.6) is 0 Å². The van der Waals surface area contributed by atoms with Gasteiger partial charge in [-0.15, -0.1) is 0 Å². The summed E-state index contributed by atoms with van der Waals surface area (Å²) in [5, 5.41) is 0. The molecule has 184 valence electrons. The van der Waals surface area contributed by atoms with Crippen molar-refractivity contribution in [2.75, 3.05) is 0 Å². The van der Waals surface area contributed by atoms with Gasteiger partial charge in [0.2, 0.25) is 10.4 Å². The third-order valence-electron chi connectivity index (χ3n) is 10.5. The van der Waals surface area contributed by atoms with Gasteiger partial charge in [0, 0.05) is 0 Å².